The molecule has 0 spiro atoms. The van der Waals surface area contributed by atoms with Crippen LogP contribution in [-0.2, 0) is 19.1 Å². The molecule has 0 heterocycles. The summed E-state index contributed by atoms with van der Waals surface area (Å²) in [6.07, 6.45) is 3.71. The van der Waals surface area contributed by atoms with E-state index >= 15 is 0 Å². The third-order valence-electron chi connectivity index (χ3n) is 5.01. The normalized spacial score (nSPS) is 16.5. The third-order valence-corrected chi connectivity index (χ3v) is 5.01. The van der Waals surface area contributed by atoms with Gasteiger partial charge in [0.05, 0.1) is 18.6 Å². The minimum Gasteiger partial charge on any atom is -0.463 e. The maximum absolute atomic E-state index is 12.7. The quantitative estimate of drug-likeness (QED) is 0.670. The van der Waals surface area contributed by atoms with Crippen molar-refractivity contribution in [3.8, 4) is 0 Å². The van der Waals surface area contributed by atoms with Crippen LogP contribution in [0.25, 0.3) is 0 Å². The Morgan fingerprint density at radius 2 is 1.64 bits per heavy atom. The first kappa shape index (κ1) is 21.9. The van der Waals surface area contributed by atoms with Gasteiger partial charge in [0.2, 0.25) is 11.8 Å². The maximum atomic E-state index is 12.7. The summed E-state index contributed by atoms with van der Waals surface area (Å²) in [5, 5.41) is 5.70. The molecule has 0 bridgehead atoms. The second-order valence-corrected chi connectivity index (χ2v) is 7.93. The van der Waals surface area contributed by atoms with Gasteiger partial charge in [-0.15, -0.1) is 0 Å². The lowest BCUT2D eigenvalue weighted by Crippen LogP contribution is -2.47. The largest absolute Gasteiger partial charge is 0.463 e. The van der Waals surface area contributed by atoms with Gasteiger partial charge in [0.25, 0.3) is 0 Å². The van der Waals surface area contributed by atoms with Crippen LogP contribution >= 0.6 is 0 Å². The number of benzene rings is 1. The number of hydrogen-bond acceptors (Lipinski definition) is 4. The fraction of sp³-hybridized carbons (Fsp3) is 0.591. The van der Waals surface area contributed by atoms with Crippen LogP contribution < -0.4 is 10.6 Å². The summed E-state index contributed by atoms with van der Waals surface area (Å²) in [5.74, 6) is -0.742. The number of amides is 2. The van der Waals surface area contributed by atoms with Crippen molar-refractivity contribution >= 4 is 17.8 Å². The van der Waals surface area contributed by atoms with Crippen molar-refractivity contribution in [1.29, 1.82) is 0 Å². The molecule has 0 saturated heterocycles. The van der Waals surface area contributed by atoms with Crippen LogP contribution in [0.3, 0.4) is 0 Å². The highest BCUT2D eigenvalue weighted by Gasteiger charge is 2.27. The molecule has 154 valence electrons. The van der Waals surface area contributed by atoms with Crippen LogP contribution in [0.15, 0.2) is 24.3 Å². The number of carbonyl (C=O) groups is 3. The molecule has 0 radical (unpaired) electrons. The van der Waals surface area contributed by atoms with Gasteiger partial charge < -0.3 is 15.4 Å². The van der Waals surface area contributed by atoms with Gasteiger partial charge in [0.15, 0.2) is 0 Å². The number of nitrogens with one attached hydrogen (secondary N) is 2. The van der Waals surface area contributed by atoms with E-state index in [1.54, 1.807) is 20.8 Å². The SMILES string of the molecule is Cc1ccc([C@@H](CC(=O)OC(C)C)NC(=O)[C@H](C)NC(=O)C2CCCC2)cc1. The Kier molecular flexibility index (Phi) is 8.03. The molecule has 1 aliphatic rings. The van der Waals surface area contributed by atoms with E-state index in [9.17, 15) is 14.4 Å². The van der Waals surface area contributed by atoms with E-state index in [2.05, 4.69) is 10.6 Å². The van der Waals surface area contributed by atoms with Crippen LogP contribution in [0.4, 0.5) is 0 Å². The van der Waals surface area contributed by atoms with E-state index < -0.39 is 12.1 Å². The van der Waals surface area contributed by atoms with Gasteiger partial charge >= 0.3 is 5.97 Å². The summed E-state index contributed by atoms with van der Waals surface area (Å²) in [7, 11) is 0. The fourth-order valence-electron chi connectivity index (χ4n) is 3.41. The first-order valence-corrected chi connectivity index (χ1v) is 10.1. The van der Waals surface area contributed by atoms with Crippen molar-refractivity contribution in [2.45, 2.75) is 78.0 Å². The topological polar surface area (TPSA) is 84.5 Å². The Labute approximate surface area is 167 Å². The first-order chi connectivity index (χ1) is 13.3. The van der Waals surface area contributed by atoms with Crippen LogP contribution in [0, 0.1) is 12.8 Å². The molecule has 1 aromatic rings. The minimum absolute atomic E-state index is 0.00386. The van der Waals surface area contributed by atoms with Crippen LogP contribution in [-0.4, -0.2) is 29.9 Å². The molecule has 28 heavy (non-hydrogen) atoms. The van der Waals surface area contributed by atoms with Crippen molar-refractivity contribution in [3.05, 3.63) is 35.4 Å². The van der Waals surface area contributed by atoms with Crippen molar-refractivity contribution in [3.63, 3.8) is 0 Å². The number of carbonyl (C=O) groups excluding carboxylic acids is 3. The Balaban J connectivity index is 2.02. The van der Waals surface area contributed by atoms with Crippen LogP contribution in [0.5, 0.6) is 0 Å². The zero-order valence-electron chi connectivity index (χ0n) is 17.3. The van der Waals surface area contributed by atoms with Gasteiger partial charge in [0, 0.05) is 5.92 Å². The number of rotatable bonds is 8. The summed E-state index contributed by atoms with van der Waals surface area (Å²) in [4.78, 5) is 37.1. The molecule has 6 nitrogen and oxygen atoms in total. The van der Waals surface area contributed by atoms with Crippen molar-refractivity contribution < 1.29 is 19.1 Å². The lowest BCUT2D eigenvalue weighted by atomic mass is 10.0. The van der Waals surface area contributed by atoms with E-state index in [-0.39, 0.29) is 36.2 Å². The van der Waals surface area contributed by atoms with Crippen molar-refractivity contribution in [2.24, 2.45) is 5.92 Å². The van der Waals surface area contributed by atoms with Crippen LogP contribution in [0.1, 0.15) is 70.0 Å². The summed E-state index contributed by atoms with van der Waals surface area (Å²) < 4.78 is 5.24. The molecule has 1 aromatic carbocycles. The van der Waals surface area contributed by atoms with E-state index in [4.69, 9.17) is 4.74 Å². The molecule has 1 aliphatic carbocycles. The number of hydrogen-bond donors (Lipinski definition) is 2. The van der Waals surface area contributed by atoms with Gasteiger partial charge in [0.1, 0.15) is 6.04 Å². The maximum Gasteiger partial charge on any atom is 0.308 e. The Hall–Kier alpha value is -2.37. The van der Waals surface area contributed by atoms with Gasteiger partial charge in [-0.3, -0.25) is 14.4 Å². The smallest absolute Gasteiger partial charge is 0.308 e. The highest BCUT2D eigenvalue weighted by molar-refractivity contribution is 5.88. The molecule has 2 amide bonds. The highest BCUT2D eigenvalue weighted by Crippen LogP contribution is 2.25. The van der Waals surface area contributed by atoms with E-state index in [1.807, 2.05) is 31.2 Å². The Bertz CT molecular complexity index is 678. The van der Waals surface area contributed by atoms with Crippen LogP contribution in [0.2, 0.25) is 0 Å². The van der Waals surface area contributed by atoms with E-state index in [0.29, 0.717) is 0 Å². The monoisotopic (exact) mass is 388 g/mol. The number of ether oxygens (including phenoxy) is 1. The molecule has 2 N–H and O–H groups in total. The first-order valence-electron chi connectivity index (χ1n) is 10.1. The second-order valence-electron chi connectivity index (χ2n) is 7.93. The molecular weight excluding hydrogens is 356 g/mol. The summed E-state index contributed by atoms with van der Waals surface area (Å²) >= 11 is 0. The lowest BCUT2D eigenvalue weighted by molar-refractivity contribution is -0.148. The standard InChI is InChI=1S/C22H32N2O4/c1-14(2)28-20(25)13-19(17-11-9-15(3)10-12-17)24-21(26)16(4)23-22(27)18-7-5-6-8-18/h9-12,14,16,18-19H,5-8,13H2,1-4H3,(H,23,27)(H,24,26)/t16-,19+/m0/s1. The molecule has 0 aliphatic heterocycles. The predicted octanol–water partition coefficient (Wildman–Crippen LogP) is 3.19. The molecular formula is C22H32N2O4. The molecule has 2 rings (SSSR count). The average Bonchev–Trinajstić information content (AvgIpc) is 3.15. The van der Waals surface area contributed by atoms with Gasteiger partial charge in [-0.2, -0.15) is 0 Å². The Morgan fingerprint density at radius 1 is 1.04 bits per heavy atom. The van der Waals surface area contributed by atoms with E-state index in [0.717, 1.165) is 36.8 Å². The number of aryl methyl sites for hydroxylation is 1. The molecule has 0 aromatic heterocycles. The third kappa shape index (κ3) is 6.66. The zero-order valence-corrected chi connectivity index (χ0v) is 17.3. The van der Waals surface area contributed by atoms with Gasteiger partial charge in [-0.1, -0.05) is 42.7 Å². The summed E-state index contributed by atoms with van der Waals surface area (Å²) in [6, 6.07) is 6.49. The Morgan fingerprint density at radius 3 is 2.21 bits per heavy atom. The summed E-state index contributed by atoms with van der Waals surface area (Å²) in [5.41, 5.74) is 1.92. The van der Waals surface area contributed by atoms with Gasteiger partial charge in [-0.25, -0.2) is 0 Å². The molecule has 6 heteroatoms. The lowest BCUT2D eigenvalue weighted by Gasteiger charge is -2.23. The van der Waals surface area contributed by atoms with Crippen molar-refractivity contribution in [2.75, 3.05) is 0 Å². The molecule has 2 atom stereocenters. The highest BCUT2D eigenvalue weighted by atomic mass is 16.5. The van der Waals surface area contributed by atoms with E-state index in [1.165, 1.54) is 0 Å². The summed E-state index contributed by atoms with van der Waals surface area (Å²) in [6.45, 7) is 7.22. The average molecular weight is 389 g/mol. The minimum atomic E-state index is -0.665. The molecule has 1 saturated carbocycles. The van der Waals surface area contributed by atoms with Crippen molar-refractivity contribution in [1.82, 2.24) is 10.6 Å². The fourth-order valence-corrected chi connectivity index (χ4v) is 3.41. The predicted molar refractivity (Wildman–Crippen MR) is 107 cm³/mol. The zero-order chi connectivity index (χ0) is 20.7. The molecule has 1 fully saturated rings. The molecule has 0 unspecified atom stereocenters. The number of esters is 1. The van der Waals surface area contributed by atoms with Gasteiger partial charge in [-0.05, 0) is 46.1 Å². The second kappa shape index (κ2) is 10.2.